The number of rotatable bonds is 5. The van der Waals surface area contributed by atoms with E-state index in [0.29, 0.717) is 0 Å². The number of carbonyl (C=O) groups excluding carboxylic acids is 1. The number of fused-ring (bicyclic) bond motifs is 1. The molecule has 6 nitrogen and oxygen atoms in total. The molecule has 1 amide bonds. The predicted octanol–water partition coefficient (Wildman–Crippen LogP) is 2.88. The van der Waals surface area contributed by atoms with E-state index in [4.69, 9.17) is 0 Å². The number of nitrogens with zero attached hydrogens (tertiary/aromatic N) is 4. The van der Waals surface area contributed by atoms with E-state index < -0.39 is 18.3 Å². The zero-order chi connectivity index (χ0) is 19.9. The van der Waals surface area contributed by atoms with E-state index in [1.54, 1.807) is 17.2 Å². The molecular weight excluding hydrogens is 364 g/mol. The fraction of sp³-hybridized carbons (Fsp3) is 0.350. The number of hydrogen-bond donors (Lipinski definition) is 1. The number of halogens is 2. The van der Waals surface area contributed by atoms with Gasteiger partial charge in [0.25, 0.3) is 5.91 Å². The maximum absolute atomic E-state index is 14.6. The van der Waals surface area contributed by atoms with Crippen LogP contribution in [0.15, 0.2) is 36.7 Å². The standard InChI is InChI=1S/C20H21F2N5O/c1-13-23-10-17(26(13)2)14-3-4-15-9-24-18(8-16(15)7-14)25-19(28)20(22)11-27(12-20)6-5-21/h3-4,7-10H,5-6,11-12H2,1-2H3,(H,24,25,28). The second-order valence-corrected chi connectivity index (χ2v) is 7.20. The van der Waals surface area contributed by atoms with Crippen LogP contribution in [0.5, 0.6) is 0 Å². The number of anilines is 1. The van der Waals surface area contributed by atoms with Crippen LogP contribution < -0.4 is 5.32 Å². The van der Waals surface area contributed by atoms with Gasteiger partial charge in [-0.1, -0.05) is 12.1 Å². The smallest absolute Gasteiger partial charge is 0.265 e. The number of nitrogens with one attached hydrogen (secondary N) is 1. The summed E-state index contributed by atoms with van der Waals surface area (Å²) in [6.07, 6.45) is 3.46. The highest BCUT2D eigenvalue weighted by Gasteiger charge is 2.49. The Morgan fingerprint density at radius 3 is 2.68 bits per heavy atom. The van der Waals surface area contributed by atoms with Crippen molar-refractivity contribution < 1.29 is 13.6 Å². The van der Waals surface area contributed by atoms with Gasteiger partial charge in [-0.3, -0.25) is 9.69 Å². The Labute approximate surface area is 161 Å². The highest BCUT2D eigenvalue weighted by atomic mass is 19.1. The van der Waals surface area contributed by atoms with Crippen molar-refractivity contribution >= 4 is 22.5 Å². The second kappa shape index (κ2) is 6.94. The first-order valence-corrected chi connectivity index (χ1v) is 9.07. The molecule has 3 aromatic rings. The molecule has 4 rings (SSSR count). The van der Waals surface area contributed by atoms with E-state index in [9.17, 15) is 13.6 Å². The molecule has 1 aliphatic rings. The molecule has 146 valence electrons. The first-order chi connectivity index (χ1) is 13.4. The largest absolute Gasteiger partial charge is 0.331 e. The summed E-state index contributed by atoms with van der Waals surface area (Å²) < 4.78 is 28.9. The third-order valence-corrected chi connectivity index (χ3v) is 5.24. The van der Waals surface area contributed by atoms with Crippen molar-refractivity contribution in [1.82, 2.24) is 19.4 Å². The summed E-state index contributed by atoms with van der Waals surface area (Å²) >= 11 is 0. The van der Waals surface area contributed by atoms with Crippen LogP contribution in [0.2, 0.25) is 0 Å². The maximum atomic E-state index is 14.6. The highest BCUT2D eigenvalue weighted by molar-refractivity contribution is 5.99. The van der Waals surface area contributed by atoms with Crippen LogP contribution in [0, 0.1) is 6.92 Å². The van der Waals surface area contributed by atoms with Crippen molar-refractivity contribution in [2.45, 2.75) is 12.6 Å². The molecule has 0 unspecified atom stereocenters. The molecule has 0 spiro atoms. The van der Waals surface area contributed by atoms with Crippen molar-refractivity contribution in [2.24, 2.45) is 7.05 Å². The van der Waals surface area contributed by atoms with Crippen LogP contribution in [-0.4, -0.2) is 57.3 Å². The zero-order valence-electron chi connectivity index (χ0n) is 15.7. The molecule has 1 saturated heterocycles. The fourth-order valence-corrected chi connectivity index (χ4v) is 3.45. The Bertz CT molecular complexity index is 1040. The van der Waals surface area contributed by atoms with Gasteiger partial charge in [0.1, 0.15) is 18.3 Å². The van der Waals surface area contributed by atoms with E-state index in [1.165, 1.54) is 0 Å². The molecule has 0 radical (unpaired) electrons. The van der Waals surface area contributed by atoms with Crippen LogP contribution in [0.3, 0.4) is 0 Å². The van der Waals surface area contributed by atoms with E-state index in [0.717, 1.165) is 27.9 Å². The Morgan fingerprint density at radius 2 is 2.00 bits per heavy atom. The minimum Gasteiger partial charge on any atom is -0.331 e. The number of aryl methyl sites for hydroxylation is 1. The number of aromatic nitrogens is 3. The van der Waals surface area contributed by atoms with Crippen molar-refractivity contribution in [2.75, 3.05) is 31.6 Å². The van der Waals surface area contributed by atoms with E-state index in [2.05, 4.69) is 15.3 Å². The lowest BCUT2D eigenvalue weighted by atomic mass is 9.95. The number of imidazole rings is 1. The van der Waals surface area contributed by atoms with Crippen molar-refractivity contribution in [1.29, 1.82) is 0 Å². The third kappa shape index (κ3) is 3.24. The van der Waals surface area contributed by atoms with Gasteiger partial charge in [0.15, 0.2) is 0 Å². The molecular formula is C20H21F2N5O. The van der Waals surface area contributed by atoms with Gasteiger partial charge in [0, 0.05) is 43.8 Å². The number of likely N-dealkylation sites (tertiary alicyclic amines) is 1. The third-order valence-electron chi connectivity index (χ3n) is 5.24. The molecule has 0 bridgehead atoms. The minimum absolute atomic E-state index is 0.0969. The molecule has 1 N–H and O–H groups in total. The lowest BCUT2D eigenvalue weighted by molar-refractivity contribution is -0.139. The van der Waals surface area contributed by atoms with Crippen LogP contribution >= 0.6 is 0 Å². The van der Waals surface area contributed by atoms with Gasteiger partial charge < -0.3 is 9.88 Å². The maximum Gasteiger partial charge on any atom is 0.265 e. The topological polar surface area (TPSA) is 63.1 Å². The summed E-state index contributed by atoms with van der Waals surface area (Å²) in [6, 6.07) is 7.65. The van der Waals surface area contributed by atoms with E-state index in [-0.39, 0.29) is 25.5 Å². The number of benzene rings is 1. The quantitative estimate of drug-likeness (QED) is 0.734. The van der Waals surface area contributed by atoms with Gasteiger partial charge >= 0.3 is 0 Å². The average Bonchev–Trinajstić information content (AvgIpc) is 2.98. The van der Waals surface area contributed by atoms with Gasteiger partial charge in [0.05, 0.1) is 11.9 Å². The second-order valence-electron chi connectivity index (χ2n) is 7.20. The predicted molar refractivity (Wildman–Crippen MR) is 104 cm³/mol. The fourth-order valence-electron chi connectivity index (χ4n) is 3.45. The molecule has 1 aliphatic heterocycles. The molecule has 1 fully saturated rings. The number of carbonyl (C=O) groups is 1. The molecule has 1 aromatic carbocycles. The number of alkyl halides is 2. The van der Waals surface area contributed by atoms with Crippen molar-refractivity contribution in [3.63, 3.8) is 0 Å². The van der Waals surface area contributed by atoms with E-state index >= 15 is 0 Å². The molecule has 28 heavy (non-hydrogen) atoms. The van der Waals surface area contributed by atoms with Gasteiger partial charge in [-0.2, -0.15) is 0 Å². The first-order valence-electron chi connectivity index (χ1n) is 9.07. The molecule has 8 heteroatoms. The van der Waals surface area contributed by atoms with Crippen LogP contribution in [0.4, 0.5) is 14.6 Å². The Hall–Kier alpha value is -2.87. The van der Waals surface area contributed by atoms with Crippen molar-refractivity contribution in [3.05, 3.63) is 42.5 Å². The van der Waals surface area contributed by atoms with Crippen LogP contribution in [0.25, 0.3) is 22.0 Å². The average molecular weight is 385 g/mol. The number of amides is 1. The summed E-state index contributed by atoms with van der Waals surface area (Å²) in [5.74, 6) is 0.456. The van der Waals surface area contributed by atoms with Gasteiger partial charge in [-0.25, -0.2) is 18.7 Å². The van der Waals surface area contributed by atoms with Gasteiger partial charge in [-0.15, -0.1) is 0 Å². The zero-order valence-corrected chi connectivity index (χ0v) is 15.7. The highest BCUT2D eigenvalue weighted by Crippen LogP contribution is 2.28. The minimum atomic E-state index is -2.00. The molecule has 0 aliphatic carbocycles. The van der Waals surface area contributed by atoms with E-state index in [1.807, 2.05) is 42.9 Å². The van der Waals surface area contributed by atoms with Crippen molar-refractivity contribution in [3.8, 4) is 11.3 Å². The summed E-state index contributed by atoms with van der Waals surface area (Å²) in [7, 11) is 1.95. The Balaban J connectivity index is 1.56. The van der Waals surface area contributed by atoms with Crippen LogP contribution in [-0.2, 0) is 11.8 Å². The number of pyridine rings is 1. The molecule has 3 heterocycles. The normalized spacial score (nSPS) is 16.1. The Kier molecular flexibility index (Phi) is 4.58. The SMILES string of the molecule is Cc1ncc(-c2ccc3cnc(NC(=O)C4(F)CN(CCF)C4)cc3c2)n1C. The first kappa shape index (κ1) is 18.5. The molecule has 0 saturated carbocycles. The summed E-state index contributed by atoms with van der Waals surface area (Å²) in [6.45, 7) is 1.33. The van der Waals surface area contributed by atoms with Gasteiger partial charge in [-0.05, 0) is 24.4 Å². The molecule has 0 atom stereocenters. The lowest BCUT2D eigenvalue weighted by Gasteiger charge is -2.42. The lowest BCUT2D eigenvalue weighted by Crippen LogP contribution is -2.65. The summed E-state index contributed by atoms with van der Waals surface area (Å²) in [5, 5.41) is 4.34. The summed E-state index contributed by atoms with van der Waals surface area (Å²) in [4.78, 5) is 22.4. The number of hydrogen-bond acceptors (Lipinski definition) is 4. The Morgan fingerprint density at radius 1 is 1.21 bits per heavy atom. The van der Waals surface area contributed by atoms with Crippen LogP contribution in [0.1, 0.15) is 5.82 Å². The monoisotopic (exact) mass is 385 g/mol. The van der Waals surface area contributed by atoms with Gasteiger partial charge in [0.2, 0.25) is 5.67 Å². The molecule has 2 aromatic heterocycles. The summed E-state index contributed by atoms with van der Waals surface area (Å²) in [5.41, 5.74) is -0.0336.